The average Bonchev–Trinajstić information content (AvgIpc) is 1.57. The molecular weight excluding hydrogens is 1820 g/mol. The first-order valence-electron chi connectivity index (χ1n) is 44.7. The van der Waals surface area contributed by atoms with Gasteiger partial charge in [0, 0.05) is 116 Å². The molecule has 4 aliphatic heterocycles. The van der Waals surface area contributed by atoms with Crippen LogP contribution in [0.3, 0.4) is 0 Å². The van der Waals surface area contributed by atoms with Gasteiger partial charge in [-0.2, -0.15) is 0 Å². The second kappa shape index (κ2) is 48.6. The van der Waals surface area contributed by atoms with Crippen LogP contribution >= 0.6 is 54.8 Å². The molecule has 11 amide bonds. The van der Waals surface area contributed by atoms with Crippen LogP contribution in [0.25, 0.3) is 21.8 Å². The number of alkyl carbamates (subject to hydrolysis) is 1. The number of H-pyrrole nitrogens is 2. The van der Waals surface area contributed by atoms with E-state index in [0.717, 1.165) is 60.1 Å². The molecule has 7 aromatic rings. The number of nitrogens with two attached hydrogens (primary N) is 2. The molecule has 3 saturated heterocycles. The number of primary amides is 1. The number of allylic oxidation sites excluding steroid dienone is 3. The number of nitrogens with zero attached hydrogens (tertiary/aromatic N) is 2. The molecule has 0 saturated carbocycles. The largest absolute Gasteiger partial charge is 0.508 e. The summed E-state index contributed by atoms with van der Waals surface area (Å²) < 4.78 is 29.9. The first-order valence-corrected chi connectivity index (χ1v) is 50.1. The van der Waals surface area contributed by atoms with Gasteiger partial charge >= 0.3 is 12.1 Å². The van der Waals surface area contributed by atoms with Crippen LogP contribution in [0.2, 0.25) is 5.02 Å². The van der Waals surface area contributed by atoms with Gasteiger partial charge in [0.1, 0.15) is 88.8 Å². The Morgan fingerprint density at radius 2 is 1.40 bits per heavy atom. The number of esters is 1. The molecule has 0 unspecified atom stereocenters. The number of phenolic OH excluding ortho intramolecular Hbond substituents is 1. The fourth-order valence-corrected chi connectivity index (χ4v) is 21.2. The summed E-state index contributed by atoms with van der Waals surface area (Å²) in [5, 5.41) is 50.1. The Morgan fingerprint density at radius 1 is 0.754 bits per heavy atom. The van der Waals surface area contributed by atoms with Crippen molar-refractivity contribution in [3.05, 3.63) is 184 Å². The van der Waals surface area contributed by atoms with Crippen molar-refractivity contribution in [2.75, 3.05) is 69.3 Å². The quantitative estimate of drug-likeness (QED) is 0.00848. The van der Waals surface area contributed by atoms with E-state index in [9.17, 15) is 48.6 Å². The minimum atomic E-state index is -1.93. The first kappa shape index (κ1) is 104. The van der Waals surface area contributed by atoms with E-state index in [2.05, 4.69) is 57.8 Å². The number of hydrogen-bond acceptors (Lipinski definition) is 25. The molecule has 0 spiro atoms. The molecule has 0 aliphatic carbocycles. The molecule has 34 nitrogen and oxygen atoms in total. The molecule has 4 aliphatic rings. The number of methoxy groups -OCH3 is 2. The zero-order valence-electron chi connectivity index (χ0n) is 76.6. The van der Waals surface area contributed by atoms with Gasteiger partial charge in [-0.1, -0.05) is 178 Å². The number of epoxide rings is 1. The third-order valence-electron chi connectivity index (χ3n) is 24.5. The topological polar surface area (TPSA) is 493 Å². The van der Waals surface area contributed by atoms with Crippen LogP contribution in [0.5, 0.6) is 11.5 Å². The lowest BCUT2D eigenvalue weighted by atomic mass is 9.83. The van der Waals surface area contributed by atoms with Gasteiger partial charge in [-0.05, 0) is 143 Å². The minimum absolute atomic E-state index is 0.000576. The van der Waals surface area contributed by atoms with Gasteiger partial charge in [-0.3, -0.25) is 53.3 Å². The number of nitrogens with one attached hydrogen (secondary N) is 11. The van der Waals surface area contributed by atoms with Crippen molar-refractivity contribution in [3.63, 3.8) is 0 Å². The molecule has 16 atom stereocenters. The number of benzene rings is 5. The number of para-hydroxylation sites is 2. The van der Waals surface area contributed by atoms with Crippen LogP contribution < -0.4 is 69.0 Å². The summed E-state index contributed by atoms with van der Waals surface area (Å²) in [7, 11) is 10.9. The molecule has 39 heteroatoms. The van der Waals surface area contributed by atoms with E-state index < -0.39 is 174 Å². The number of anilines is 1. The molecule has 5 aromatic carbocycles. The van der Waals surface area contributed by atoms with Crippen molar-refractivity contribution in [2.24, 2.45) is 23.3 Å². The maximum Gasteiger partial charge on any atom is 0.409 e. The third-order valence-corrected chi connectivity index (χ3v) is 29.8. The van der Waals surface area contributed by atoms with Crippen molar-refractivity contribution in [1.82, 2.24) is 62.7 Å². The fourth-order valence-electron chi connectivity index (χ4n) is 16.5. The standard InChI is InChI=1S/C95H122ClN15O19S4/c1-53(2)82-91(122)107-73(89(120)103-68(84(98)115)45-60-49-100-65-27-16-14-25-63(60)65)52-134-133-51-72(90(121)104-70(42-58-31-33-62(112)34-32-58)87(118)105-71(46-61-50-101-66-28-17-15-26-64(61)66)88(119)102-67(85(116)108-82)29-18-19-36-97)106-86(117)69(41-57-23-12-11-13-24-57)99-37-21-38-131-132-39-35-79(113)110(7)56(5)92(123)129-78-47-80(114)111(8)74-43-59(44-75(126-9)81(74)96)40-54(3)22-20-30-77(127-10)95(125)48-76(128-93(124)109-95)55(4)83-94(78,6)130-83/h11-17,20,22-28,30-34,43-44,49-50,53,55-56,67-73,76-78,82-83,99-101,112,125H,18-19,21,29,35-42,45-48,51-52,97H2,1-10H3,(H2,98,115)(H,102,119)(H,103,120)(H,104,121)(H,105,118)(H,106,117)(H,107,122)(H,108,116)(H,109,124)/b30-20+,54-22+/t55-,56+,67+,68+,69-,70+,71-,72+,73+,76+,77-,78+,82+,83+,94-,95+/m1/s1. The predicted molar refractivity (Wildman–Crippen MR) is 518 cm³/mol. The van der Waals surface area contributed by atoms with Gasteiger partial charge in [0.05, 0.1) is 31.4 Å². The van der Waals surface area contributed by atoms with Gasteiger partial charge in [0.2, 0.25) is 59.1 Å². The molecule has 722 valence electrons. The second-order valence-corrected chi connectivity index (χ2v) is 40.3. The molecule has 2 aromatic heterocycles. The smallest absolute Gasteiger partial charge is 0.409 e. The number of carbonyl (C=O) groups is 12. The van der Waals surface area contributed by atoms with E-state index in [1.807, 2.05) is 91.9 Å². The van der Waals surface area contributed by atoms with Crippen LogP contribution in [-0.2, 0) is 104 Å². The molecule has 6 heterocycles. The Bertz CT molecular complexity index is 5380. The highest BCUT2D eigenvalue weighted by Crippen LogP contribution is 2.50. The number of carbonyl (C=O) groups excluding carboxylic acids is 12. The van der Waals surface area contributed by atoms with Gasteiger partial charge in [-0.15, -0.1) is 0 Å². The van der Waals surface area contributed by atoms with Crippen LogP contribution in [0.4, 0.5) is 10.5 Å². The second-order valence-electron chi connectivity index (χ2n) is 34.7. The van der Waals surface area contributed by atoms with Crippen molar-refractivity contribution in [2.45, 2.75) is 209 Å². The number of aliphatic hydroxyl groups is 1. The number of unbranched alkanes of at least 4 members (excludes halogenated alkanes) is 1. The predicted octanol–water partition coefficient (Wildman–Crippen LogP) is 7.33. The Hall–Kier alpha value is -10.8. The van der Waals surface area contributed by atoms with E-state index in [-0.39, 0.29) is 86.2 Å². The first-order chi connectivity index (χ1) is 64.1. The number of fused-ring (bicyclic) bond motifs is 7. The van der Waals surface area contributed by atoms with Gasteiger partial charge in [0.15, 0.2) is 5.72 Å². The monoisotopic (exact) mass is 1940 g/mol. The van der Waals surface area contributed by atoms with E-state index in [1.54, 1.807) is 83.6 Å². The van der Waals surface area contributed by atoms with Crippen molar-refractivity contribution in [1.29, 1.82) is 0 Å². The highest BCUT2D eigenvalue weighted by Gasteiger charge is 2.65. The molecule has 0 radical (unpaired) electrons. The molecular formula is C95H122ClN15O19S4. The number of hydrogen-bond donors (Lipinski definition) is 15. The highest BCUT2D eigenvalue weighted by molar-refractivity contribution is 8.77. The van der Waals surface area contributed by atoms with Crippen molar-refractivity contribution in [3.8, 4) is 11.5 Å². The summed E-state index contributed by atoms with van der Waals surface area (Å²) in [6.07, 6.45) is 4.53. The average molecular weight is 1940 g/mol. The zero-order valence-corrected chi connectivity index (χ0v) is 80.7. The Labute approximate surface area is 799 Å². The zero-order chi connectivity index (χ0) is 96.7. The molecule has 17 N–H and O–H groups in total. The minimum Gasteiger partial charge on any atom is -0.508 e. The van der Waals surface area contributed by atoms with Crippen molar-refractivity contribution >= 4 is 153 Å². The number of halogens is 1. The van der Waals surface area contributed by atoms with Crippen LogP contribution in [0, 0.1) is 11.8 Å². The molecule has 11 rings (SSSR count). The summed E-state index contributed by atoms with van der Waals surface area (Å²) in [4.78, 5) is 185. The lowest BCUT2D eigenvalue weighted by Gasteiger charge is -2.42. The van der Waals surface area contributed by atoms with E-state index in [4.69, 9.17) is 46.8 Å². The highest BCUT2D eigenvalue weighted by atomic mass is 35.5. The summed E-state index contributed by atoms with van der Waals surface area (Å²) in [6, 6.07) is 21.4. The molecule has 134 heavy (non-hydrogen) atoms. The number of aromatic hydroxyl groups is 1. The van der Waals surface area contributed by atoms with Gasteiger partial charge in [-0.25, -0.2) is 9.59 Å². The van der Waals surface area contributed by atoms with Gasteiger partial charge < -0.3 is 108 Å². The number of ether oxygens (including phenoxy) is 5. The van der Waals surface area contributed by atoms with E-state index in [0.29, 0.717) is 65.3 Å². The SMILES string of the molecule is COc1cc2cc(c1Cl)N(C)C(=O)C[C@H](OC(=O)[C@H](C)N(C)C(=O)CCSSCCCN[C@H](Cc1ccccc1)C(=O)N[C@H]1CSSC[C@@H](C(=O)N[C@@H](Cc3c[nH]c4ccccc34)C(N)=O)NC(=O)[C@H](C(C)C)NC(=O)[C@H](CCCCN)NC(=O)[C@@H](Cc3c[nH]c4ccccc34)NC(=O)[C@H](Cc3ccc(O)cc3)NC1=O)[C@@]1(C)O[C@H]1[C@H](C)[C@@H]1C[C@@](O)(NC(=O)O1)[C@H](OC)/C=C/C=C(\C)C2. The molecule has 3 fully saturated rings. The maximum atomic E-state index is 15.5. The van der Waals surface area contributed by atoms with Crippen LogP contribution in [0.1, 0.15) is 114 Å². The van der Waals surface area contributed by atoms with Crippen LogP contribution in [0.15, 0.2) is 151 Å². The van der Waals surface area contributed by atoms with Gasteiger partial charge in [0.25, 0.3) is 0 Å². The Kier molecular flexibility index (Phi) is 37.6. The fraction of sp³-hybridized carbons (Fsp3) is 0.474. The maximum absolute atomic E-state index is 15.5. The third kappa shape index (κ3) is 27.7. The number of amides is 11. The Morgan fingerprint density at radius 3 is 2.07 bits per heavy atom. The summed E-state index contributed by atoms with van der Waals surface area (Å²) >= 11 is 6.92. The normalized spacial score (nSPS) is 25.0. The summed E-state index contributed by atoms with van der Waals surface area (Å²) in [6.45, 7) is 10.7. The number of phenols is 1. The van der Waals surface area contributed by atoms with Crippen LogP contribution in [-0.4, -0.2) is 251 Å². The number of likely N-dealkylation sites (N-methyl/N-ethyl adjacent to an activating group) is 1. The van der Waals surface area contributed by atoms with Crippen molar-refractivity contribution < 1.29 is 91.4 Å². The van der Waals surface area contributed by atoms with E-state index >= 15 is 19.2 Å². The number of rotatable bonds is 32. The lowest BCUT2D eigenvalue weighted by Crippen LogP contribution is -2.63. The van der Waals surface area contributed by atoms with E-state index in [1.165, 1.54) is 71.7 Å². The lowest BCUT2D eigenvalue weighted by molar-refractivity contribution is -0.162. The number of aromatic nitrogens is 2. The summed E-state index contributed by atoms with van der Waals surface area (Å²) in [5.41, 5.74) is 14.6. The summed E-state index contributed by atoms with van der Waals surface area (Å²) in [5.74, 6) is -8.77. The Balaban J connectivity index is 0.792. The molecule has 4 bridgehead atoms. The number of aromatic amines is 2.